The van der Waals surface area contributed by atoms with E-state index in [0.717, 1.165) is 0 Å². The molecule has 0 saturated heterocycles. The Morgan fingerprint density at radius 1 is 0.935 bits per heavy atom. The highest BCUT2D eigenvalue weighted by molar-refractivity contribution is 6.14. The van der Waals surface area contributed by atoms with E-state index in [-0.39, 0.29) is 28.6 Å². The molecule has 7 heteroatoms. The topological polar surface area (TPSA) is 71.1 Å². The minimum Gasteiger partial charge on any atom is -0.497 e. The fourth-order valence-corrected chi connectivity index (χ4v) is 3.08. The molecule has 0 saturated carbocycles. The molecule has 0 spiro atoms. The smallest absolute Gasteiger partial charge is 0.343 e. The molecule has 3 aromatic carbocycles. The highest BCUT2D eigenvalue weighted by Crippen LogP contribution is 2.36. The summed E-state index contributed by atoms with van der Waals surface area (Å²) in [5, 5.41) is 0. The van der Waals surface area contributed by atoms with Crippen LogP contribution >= 0.6 is 0 Å². The molecule has 156 valence electrons. The third-order valence-electron chi connectivity index (χ3n) is 4.66. The quantitative estimate of drug-likeness (QED) is 0.339. The van der Waals surface area contributed by atoms with Gasteiger partial charge < -0.3 is 18.9 Å². The second kappa shape index (κ2) is 8.31. The van der Waals surface area contributed by atoms with Crippen LogP contribution in [0.2, 0.25) is 0 Å². The van der Waals surface area contributed by atoms with Crippen LogP contribution in [0.25, 0.3) is 6.08 Å². The second-order valence-corrected chi connectivity index (χ2v) is 6.60. The molecule has 1 heterocycles. The summed E-state index contributed by atoms with van der Waals surface area (Å²) in [5.74, 6) is 0.303. The molecular weight excluding hydrogens is 403 g/mol. The number of ether oxygens (including phenoxy) is 4. The normalized spacial score (nSPS) is 13.5. The summed E-state index contributed by atoms with van der Waals surface area (Å²) in [6.45, 7) is 0. The number of hydrogen-bond acceptors (Lipinski definition) is 6. The van der Waals surface area contributed by atoms with Crippen molar-refractivity contribution in [3.05, 3.63) is 88.9 Å². The van der Waals surface area contributed by atoms with Crippen molar-refractivity contribution in [1.29, 1.82) is 0 Å². The zero-order valence-corrected chi connectivity index (χ0v) is 16.7. The van der Waals surface area contributed by atoms with E-state index in [2.05, 4.69) is 0 Å². The van der Waals surface area contributed by atoms with Crippen molar-refractivity contribution >= 4 is 17.8 Å². The fraction of sp³-hybridized carbons (Fsp3) is 0.0833. The van der Waals surface area contributed by atoms with E-state index < -0.39 is 11.8 Å². The van der Waals surface area contributed by atoms with Crippen molar-refractivity contribution in [3.8, 4) is 23.0 Å². The van der Waals surface area contributed by atoms with Gasteiger partial charge in [0, 0.05) is 11.6 Å². The van der Waals surface area contributed by atoms with E-state index in [1.165, 1.54) is 49.6 Å². The number of Topliss-reactive ketones (excluding diaryl/α,β-unsaturated/α-hetero) is 1. The van der Waals surface area contributed by atoms with Gasteiger partial charge in [0.05, 0.1) is 25.3 Å². The van der Waals surface area contributed by atoms with Gasteiger partial charge in [-0.15, -0.1) is 0 Å². The molecule has 0 unspecified atom stereocenters. The summed E-state index contributed by atoms with van der Waals surface area (Å²) in [6.07, 6.45) is 1.56. The van der Waals surface area contributed by atoms with Crippen LogP contribution in [0.3, 0.4) is 0 Å². The lowest BCUT2D eigenvalue weighted by Crippen LogP contribution is -2.08. The molecule has 31 heavy (non-hydrogen) atoms. The monoisotopic (exact) mass is 420 g/mol. The minimum atomic E-state index is -0.652. The van der Waals surface area contributed by atoms with Gasteiger partial charge in [-0.1, -0.05) is 0 Å². The lowest BCUT2D eigenvalue weighted by Gasteiger charge is -2.08. The SMILES string of the molecule is COc1ccc(OC)c(/C=C2\Oc3cc(OC(=O)c4ccc(F)cc4)ccc3C2=O)c1. The fourth-order valence-electron chi connectivity index (χ4n) is 3.08. The highest BCUT2D eigenvalue weighted by Gasteiger charge is 2.28. The van der Waals surface area contributed by atoms with Crippen LogP contribution in [0.15, 0.2) is 66.4 Å². The Balaban J connectivity index is 1.58. The van der Waals surface area contributed by atoms with Crippen LogP contribution < -0.4 is 18.9 Å². The maximum atomic E-state index is 13.0. The molecule has 0 bridgehead atoms. The van der Waals surface area contributed by atoms with Crippen LogP contribution in [-0.2, 0) is 0 Å². The molecule has 0 atom stereocenters. The van der Waals surface area contributed by atoms with Crippen LogP contribution in [0, 0.1) is 5.82 Å². The third kappa shape index (κ3) is 4.11. The number of ketones is 1. The summed E-state index contributed by atoms with van der Waals surface area (Å²) in [5.41, 5.74) is 1.15. The Morgan fingerprint density at radius 2 is 1.68 bits per heavy atom. The van der Waals surface area contributed by atoms with E-state index in [0.29, 0.717) is 22.6 Å². The number of allylic oxidation sites excluding steroid dienone is 1. The molecule has 3 aromatic rings. The Morgan fingerprint density at radius 3 is 2.39 bits per heavy atom. The van der Waals surface area contributed by atoms with Gasteiger partial charge in [0.1, 0.15) is 28.8 Å². The number of halogens is 1. The van der Waals surface area contributed by atoms with Gasteiger partial charge in [-0.05, 0) is 60.7 Å². The summed E-state index contributed by atoms with van der Waals surface area (Å²) >= 11 is 0. The van der Waals surface area contributed by atoms with Gasteiger partial charge >= 0.3 is 5.97 Å². The van der Waals surface area contributed by atoms with Gasteiger partial charge in [-0.25, -0.2) is 9.18 Å². The number of carbonyl (C=O) groups excluding carboxylic acids is 2. The zero-order chi connectivity index (χ0) is 22.0. The van der Waals surface area contributed by atoms with Crippen LogP contribution in [0.4, 0.5) is 4.39 Å². The first-order valence-corrected chi connectivity index (χ1v) is 9.26. The van der Waals surface area contributed by atoms with Crippen molar-refractivity contribution in [3.63, 3.8) is 0 Å². The zero-order valence-electron chi connectivity index (χ0n) is 16.7. The van der Waals surface area contributed by atoms with E-state index in [9.17, 15) is 14.0 Å². The standard InChI is InChI=1S/C24H17FO6/c1-28-17-8-10-20(29-2)15(11-17)12-22-23(26)19-9-7-18(13-21(19)31-22)30-24(27)14-3-5-16(25)6-4-14/h3-13H,1-2H3/b22-12-. The van der Waals surface area contributed by atoms with Crippen LogP contribution in [0.5, 0.6) is 23.0 Å². The molecule has 1 aliphatic heterocycles. The van der Waals surface area contributed by atoms with Gasteiger partial charge in [-0.2, -0.15) is 0 Å². The average Bonchev–Trinajstić information content (AvgIpc) is 3.08. The molecule has 0 aliphatic carbocycles. The summed E-state index contributed by atoms with van der Waals surface area (Å²) in [7, 11) is 3.07. The first kappa shape index (κ1) is 20.2. The summed E-state index contributed by atoms with van der Waals surface area (Å²) in [4.78, 5) is 25.0. The summed E-state index contributed by atoms with van der Waals surface area (Å²) in [6, 6.07) is 14.7. The lowest BCUT2D eigenvalue weighted by atomic mass is 10.1. The predicted octanol–water partition coefficient (Wildman–Crippen LogP) is 4.68. The first-order chi connectivity index (χ1) is 15.0. The Bertz CT molecular complexity index is 1200. The summed E-state index contributed by atoms with van der Waals surface area (Å²) < 4.78 is 34.6. The molecular formula is C24H17FO6. The number of methoxy groups -OCH3 is 2. The second-order valence-electron chi connectivity index (χ2n) is 6.60. The number of carbonyl (C=O) groups is 2. The number of rotatable bonds is 5. The van der Waals surface area contributed by atoms with E-state index in [4.69, 9.17) is 18.9 Å². The van der Waals surface area contributed by atoms with E-state index in [1.54, 1.807) is 31.4 Å². The maximum absolute atomic E-state index is 13.0. The van der Waals surface area contributed by atoms with Gasteiger partial charge in [0.2, 0.25) is 5.78 Å². The maximum Gasteiger partial charge on any atom is 0.343 e. The molecule has 6 nitrogen and oxygen atoms in total. The lowest BCUT2D eigenvalue weighted by molar-refractivity contribution is 0.0734. The number of fused-ring (bicyclic) bond motifs is 1. The minimum absolute atomic E-state index is 0.101. The van der Waals surface area contributed by atoms with Crippen molar-refractivity contribution in [2.45, 2.75) is 0 Å². The van der Waals surface area contributed by atoms with Gasteiger partial charge in [0.15, 0.2) is 5.76 Å². The number of esters is 1. The van der Waals surface area contributed by atoms with E-state index in [1.807, 2.05) is 0 Å². The van der Waals surface area contributed by atoms with Crippen molar-refractivity contribution in [2.24, 2.45) is 0 Å². The molecule has 4 rings (SSSR count). The Hall–Kier alpha value is -4.13. The largest absolute Gasteiger partial charge is 0.497 e. The number of hydrogen-bond donors (Lipinski definition) is 0. The third-order valence-corrected chi connectivity index (χ3v) is 4.66. The highest BCUT2D eigenvalue weighted by atomic mass is 19.1. The predicted molar refractivity (Wildman–Crippen MR) is 110 cm³/mol. The van der Waals surface area contributed by atoms with E-state index >= 15 is 0 Å². The van der Waals surface area contributed by atoms with Crippen molar-refractivity contribution in [2.75, 3.05) is 14.2 Å². The Labute approximate surface area is 177 Å². The van der Waals surface area contributed by atoms with Crippen LogP contribution in [0.1, 0.15) is 26.3 Å². The molecule has 0 fully saturated rings. The van der Waals surface area contributed by atoms with Crippen molar-refractivity contribution in [1.82, 2.24) is 0 Å². The van der Waals surface area contributed by atoms with Crippen LogP contribution in [-0.4, -0.2) is 26.0 Å². The van der Waals surface area contributed by atoms with Crippen molar-refractivity contribution < 1.29 is 32.9 Å². The first-order valence-electron chi connectivity index (χ1n) is 9.26. The van der Waals surface area contributed by atoms with Gasteiger partial charge in [-0.3, -0.25) is 4.79 Å². The molecule has 0 N–H and O–H groups in total. The van der Waals surface area contributed by atoms with Gasteiger partial charge in [0.25, 0.3) is 0 Å². The molecule has 0 aromatic heterocycles. The average molecular weight is 420 g/mol. The molecule has 1 aliphatic rings. The Kier molecular flexibility index (Phi) is 5.41. The number of benzene rings is 3. The molecule has 0 amide bonds. The molecule has 0 radical (unpaired) electrons.